The van der Waals surface area contributed by atoms with Gasteiger partial charge in [-0.05, 0) is 31.2 Å². The molecule has 100 valence electrons. The number of rotatable bonds is 3. The zero-order valence-corrected chi connectivity index (χ0v) is 11.8. The zero-order valence-electron chi connectivity index (χ0n) is 11.8. The molecule has 0 bridgehead atoms. The molecule has 1 fully saturated rings. The molecule has 1 saturated heterocycles. The van der Waals surface area contributed by atoms with E-state index in [2.05, 4.69) is 29.8 Å². The molecule has 0 aromatic carbocycles. The monoisotopic (exact) mass is 247 g/mol. The third-order valence-electron chi connectivity index (χ3n) is 4.43. The van der Waals surface area contributed by atoms with Crippen LogP contribution >= 0.6 is 0 Å². The van der Waals surface area contributed by atoms with Gasteiger partial charge in [0.05, 0.1) is 0 Å². The van der Waals surface area contributed by atoms with Crippen molar-refractivity contribution in [3.63, 3.8) is 0 Å². The molecule has 2 rings (SSSR count). The highest BCUT2D eigenvalue weighted by molar-refractivity contribution is 5.48. The maximum Gasteiger partial charge on any atom is 0.133 e. The summed E-state index contributed by atoms with van der Waals surface area (Å²) in [6.07, 6.45) is 5.63. The van der Waals surface area contributed by atoms with Crippen LogP contribution in [0.15, 0.2) is 18.3 Å². The van der Waals surface area contributed by atoms with Crippen molar-refractivity contribution >= 4 is 5.82 Å². The van der Waals surface area contributed by atoms with Crippen molar-refractivity contribution in [3.05, 3.63) is 23.9 Å². The quantitative estimate of drug-likeness (QED) is 0.892. The summed E-state index contributed by atoms with van der Waals surface area (Å²) in [4.78, 5) is 6.94. The van der Waals surface area contributed by atoms with Crippen molar-refractivity contribution in [1.82, 2.24) is 4.98 Å². The molecule has 2 heterocycles. The van der Waals surface area contributed by atoms with Gasteiger partial charge in [-0.3, -0.25) is 0 Å². The van der Waals surface area contributed by atoms with E-state index < -0.39 is 0 Å². The van der Waals surface area contributed by atoms with E-state index in [4.69, 9.17) is 5.73 Å². The Balaban J connectivity index is 2.15. The molecule has 1 aliphatic heterocycles. The highest BCUT2D eigenvalue weighted by atomic mass is 15.2. The molecule has 0 radical (unpaired) electrons. The van der Waals surface area contributed by atoms with Crippen molar-refractivity contribution in [2.75, 3.05) is 18.0 Å². The van der Waals surface area contributed by atoms with E-state index in [0.717, 1.165) is 24.5 Å². The Morgan fingerprint density at radius 1 is 1.44 bits per heavy atom. The second-order valence-electron chi connectivity index (χ2n) is 5.86. The van der Waals surface area contributed by atoms with Crippen molar-refractivity contribution in [3.8, 4) is 0 Å². The number of nitrogens with two attached hydrogens (primary N) is 1. The van der Waals surface area contributed by atoms with Gasteiger partial charge < -0.3 is 10.6 Å². The first-order valence-corrected chi connectivity index (χ1v) is 7.01. The standard InChI is InChI=1S/C15H25N3/c1-4-15(3)7-10-18(11-8-15)14-13(12(2)16)6-5-9-17-14/h5-6,9,12H,4,7-8,10-11,16H2,1-3H3/t12-/m0/s1. The number of hydrogen-bond donors (Lipinski definition) is 1. The molecule has 18 heavy (non-hydrogen) atoms. The molecule has 0 unspecified atom stereocenters. The van der Waals surface area contributed by atoms with Crippen LogP contribution in [0.4, 0.5) is 5.82 Å². The largest absolute Gasteiger partial charge is 0.356 e. The number of pyridine rings is 1. The fraction of sp³-hybridized carbons (Fsp3) is 0.667. The zero-order chi connectivity index (χ0) is 13.2. The second kappa shape index (κ2) is 5.27. The van der Waals surface area contributed by atoms with E-state index in [9.17, 15) is 0 Å². The van der Waals surface area contributed by atoms with E-state index in [0.29, 0.717) is 5.41 Å². The lowest BCUT2D eigenvalue weighted by Gasteiger charge is -2.40. The van der Waals surface area contributed by atoms with Crippen LogP contribution in [-0.2, 0) is 0 Å². The fourth-order valence-corrected chi connectivity index (χ4v) is 2.64. The van der Waals surface area contributed by atoms with Gasteiger partial charge in [0, 0.05) is 30.9 Å². The van der Waals surface area contributed by atoms with Gasteiger partial charge in [-0.15, -0.1) is 0 Å². The second-order valence-corrected chi connectivity index (χ2v) is 5.86. The predicted octanol–water partition coefficient (Wildman–Crippen LogP) is 3.12. The summed E-state index contributed by atoms with van der Waals surface area (Å²) >= 11 is 0. The Morgan fingerprint density at radius 3 is 2.67 bits per heavy atom. The summed E-state index contributed by atoms with van der Waals surface area (Å²) in [5.74, 6) is 1.09. The predicted molar refractivity (Wildman–Crippen MR) is 76.7 cm³/mol. The molecule has 1 atom stereocenters. The smallest absolute Gasteiger partial charge is 0.133 e. The van der Waals surface area contributed by atoms with Gasteiger partial charge in [-0.2, -0.15) is 0 Å². The van der Waals surface area contributed by atoms with Crippen LogP contribution in [-0.4, -0.2) is 18.1 Å². The summed E-state index contributed by atoms with van der Waals surface area (Å²) in [5, 5.41) is 0. The number of aromatic nitrogens is 1. The van der Waals surface area contributed by atoms with Crippen LogP contribution in [0.2, 0.25) is 0 Å². The Morgan fingerprint density at radius 2 is 2.11 bits per heavy atom. The first kappa shape index (κ1) is 13.3. The molecule has 3 heteroatoms. The SMILES string of the molecule is CCC1(C)CCN(c2ncccc2[C@H](C)N)CC1. The Labute approximate surface area is 110 Å². The first-order valence-electron chi connectivity index (χ1n) is 7.01. The van der Waals surface area contributed by atoms with Crippen LogP contribution in [0.1, 0.15) is 51.6 Å². The molecule has 0 saturated carbocycles. The molecular formula is C15H25N3. The molecule has 1 aliphatic rings. The van der Waals surface area contributed by atoms with Gasteiger partial charge >= 0.3 is 0 Å². The van der Waals surface area contributed by atoms with E-state index in [-0.39, 0.29) is 6.04 Å². The molecule has 1 aromatic heterocycles. The van der Waals surface area contributed by atoms with Gasteiger partial charge in [0.2, 0.25) is 0 Å². The highest BCUT2D eigenvalue weighted by Crippen LogP contribution is 2.36. The minimum atomic E-state index is 0.0492. The molecule has 0 aliphatic carbocycles. The number of hydrogen-bond acceptors (Lipinski definition) is 3. The van der Waals surface area contributed by atoms with Crippen LogP contribution in [0, 0.1) is 5.41 Å². The molecule has 2 N–H and O–H groups in total. The molecular weight excluding hydrogens is 222 g/mol. The highest BCUT2D eigenvalue weighted by Gasteiger charge is 2.29. The van der Waals surface area contributed by atoms with Gasteiger partial charge in [0.25, 0.3) is 0 Å². The topological polar surface area (TPSA) is 42.2 Å². The molecule has 0 amide bonds. The Kier molecular flexibility index (Phi) is 3.91. The van der Waals surface area contributed by atoms with Gasteiger partial charge in [0.15, 0.2) is 0 Å². The summed E-state index contributed by atoms with van der Waals surface area (Å²) in [7, 11) is 0. The molecule has 0 spiro atoms. The van der Waals surface area contributed by atoms with Gasteiger partial charge in [-0.1, -0.05) is 26.3 Å². The first-order chi connectivity index (χ1) is 8.56. The van der Waals surface area contributed by atoms with Crippen LogP contribution < -0.4 is 10.6 Å². The lowest BCUT2D eigenvalue weighted by atomic mass is 9.78. The van der Waals surface area contributed by atoms with Crippen molar-refractivity contribution in [2.24, 2.45) is 11.1 Å². The maximum atomic E-state index is 6.03. The lowest BCUT2D eigenvalue weighted by Crippen LogP contribution is -2.39. The van der Waals surface area contributed by atoms with Crippen molar-refractivity contribution < 1.29 is 0 Å². The number of piperidine rings is 1. The molecule has 3 nitrogen and oxygen atoms in total. The van der Waals surface area contributed by atoms with E-state index in [1.165, 1.54) is 19.3 Å². The minimum Gasteiger partial charge on any atom is -0.356 e. The summed E-state index contributed by atoms with van der Waals surface area (Å²) in [6, 6.07) is 4.12. The van der Waals surface area contributed by atoms with E-state index in [1.54, 1.807) is 0 Å². The number of anilines is 1. The summed E-state index contributed by atoms with van der Waals surface area (Å²) < 4.78 is 0. The van der Waals surface area contributed by atoms with Gasteiger partial charge in [-0.25, -0.2) is 4.98 Å². The third kappa shape index (κ3) is 2.66. The van der Waals surface area contributed by atoms with Crippen LogP contribution in [0.5, 0.6) is 0 Å². The lowest BCUT2D eigenvalue weighted by molar-refractivity contribution is 0.237. The van der Waals surface area contributed by atoms with Crippen LogP contribution in [0.3, 0.4) is 0 Å². The summed E-state index contributed by atoms with van der Waals surface area (Å²) in [5.41, 5.74) is 7.71. The maximum absolute atomic E-state index is 6.03. The van der Waals surface area contributed by atoms with E-state index in [1.807, 2.05) is 19.2 Å². The average Bonchev–Trinajstić information content (AvgIpc) is 2.39. The number of nitrogens with zero attached hydrogens (tertiary/aromatic N) is 2. The van der Waals surface area contributed by atoms with E-state index >= 15 is 0 Å². The summed E-state index contributed by atoms with van der Waals surface area (Å²) in [6.45, 7) is 8.92. The Hall–Kier alpha value is -1.09. The molecule has 1 aromatic rings. The van der Waals surface area contributed by atoms with Gasteiger partial charge in [0.1, 0.15) is 5.82 Å². The van der Waals surface area contributed by atoms with Crippen molar-refractivity contribution in [1.29, 1.82) is 0 Å². The minimum absolute atomic E-state index is 0.0492. The van der Waals surface area contributed by atoms with Crippen LogP contribution in [0.25, 0.3) is 0 Å². The van der Waals surface area contributed by atoms with Crippen molar-refractivity contribution in [2.45, 2.75) is 46.1 Å². The Bertz CT molecular complexity index is 392. The fourth-order valence-electron chi connectivity index (χ4n) is 2.64. The normalized spacial score (nSPS) is 20.8. The third-order valence-corrected chi connectivity index (χ3v) is 4.43. The average molecular weight is 247 g/mol.